The summed E-state index contributed by atoms with van der Waals surface area (Å²) >= 11 is 1.58. The first kappa shape index (κ1) is 17.3. The maximum absolute atomic E-state index is 11.8. The summed E-state index contributed by atoms with van der Waals surface area (Å²) in [7, 11) is 0. The van der Waals surface area contributed by atoms with Gasteiger partial charge < -0.3 is 10.4 Å². The van der Waals surface area contributed by atoms with Crippen molar-refractivity contribution in [2.45, 2.75) is 58.2 Å². The number of aliphatic carboxylic acids is 1. The molecule has 0 spiro atoms. The number of hydrogen-bond acceptors (Lipinski definition) is 3. The van der Waals surface area contributed by atoms with Gasteiger partial charge in [0.25, 0.3) is 0 Å². The van der Waals surface area contributed by atoms with Crippen molar-refractivity contribution >= 4 is 23.6 Å². The summed E-state index contributed by atoms with van der Waals surface area (Å²) in [5.74, 6) is 0.0499. The first-order valence-corrected chi connectivity index (χ1v) is 7.58. The molecule has 0 aromatic carbocycles. The molecule has 1 amide bonds. The normalized spacial score (nSPS) is 14.3. The van der Waals surface area contributed by atoms with Crippen molar-refractivity contribution in [1.82, 2.24) is 5.32 Å². The van der Waals surface area contributed by atoms with E-state index in [-0.39, 0.29) is 17.1 Å². The van der Waals surface area contributed by atoms with Gasteiger partial charge in [-0.25, -0.2) is 4.79 Å². The Labute approximate surface area is 114 Å². The van der Waals surface area contributed by atoms with Crippen molar-refractivity contribution in [3.8, 4) is 0 Å². The molecule has 0 heterocycles. The number of carboxylic acid groups (broad SMARTS) is 1. The van der Waals surface area contributed by atoms with E-state index in [1.165, 1.54) is 0 Å². The van der Waals surface area contributed by atoms with Gasteiger partial charge in [0.05, 0.1) is 5.25 Å². The van der Waals surface area contributed by atoms with Crippen LogP contribution in [-0.4, -0.2) is 34.0 Å². The molecule has 0 aliphatic carbocycles. The number of unbranched alkanes of at least 4 members (excludes halogenated alkanes) is 1. The van der Waals surface area contributed by atoms with E-state index >= 15 is 0 Å². The van der Waals surface area contributed by atoms with Crippen LogP contribution in [0.5, 0.6) is 0 Å². The van der Waals surface area contributed by atoms with Crippen LogP contribution in [0.1, 0.15) is 47.0 Å². The van der Waals surface area contributed by atoms with Gasteiger partial charge in [-0.2, -0.15) is 0 Å². The molecule has 4 nitrogen and oxygen atoms in total. The average molecular weight is 275 g/mol. The van der Waals surface area contributed by atoms with Crippen LogP contribution in [0.15, 0.2) is 0 Å². The Kier molecular flexibility index (Phi) is 8.89. The number of hydrogen-bond donors (Lipinski definition) is 2. The van der Waals surface area contributed by atoms with Crippen LogP contribution < -0.4 is 5.32 Å². The molecule has 0 aliphatic heterocycles. The second-order valence-electron chi connectivity index (χ2n) is 4.90. The van der Waals surface area contributed by atoms with Gasteiger partial charge in [-0.15, -0.1) is 11.8 Å². The van der Waals surface area contributed by atoms with Crippen LogP contribution in [0.2, 0.25) is 0 Å². The van der Waals surface area contributed by atoms with Crippen molar-refractivity contribution in [2.24, 2.45) is 5.92 Å². The largest absolute Gasteiger partial charge is 0.480 e. The van der Waals surface area contributed by atoms with E-state index in [0.717, 1.165) is 18.6 Å². The minimum absolute atomic E-state index is 0.177. The van der Waals surface area contributed by atoms with E-state index in [0.29, 0.717) is 6.42 Å². The quantitative estimate of drug-likeness (QED) is 0.635. The molecule has 0 rings (SSSR count). The third-order valence-electron chi connectivity index (χ3n) is 2.56. The minimum Gasteiger partial charge on any atom is -0.480 e. The van der Waals surface area contributed by atoms with Crippen LogP contribution in [-0.2, 0) is 9.59 Å². The Balaban J connectivity index is 4.19. The lowest BCUT2D eigenvalue weighted by Crippen LogP contribution is -2.44. The highest BCUT2D eigenvalue weighted by Crippen LogP contribution is 2.14. The molecule has 18 heavy (non-hydrogen) atoms. The van der Waals surface area contributed by atoms with Gasteiger partial charge in [0, 0.05) is 0 Å². The fraction of sp³-hybridized carbons (Fsp3) is 0.846. The van der Waals surface area contributed by atoms with Crippen LogP contribution in [0.3, 0.4) is 0 Å². The van der Waals surface area contributed by atoms with Crippen molar-refractivity contribution in [1.29, 1.82) is 0 Å². The zero-order chi connectivity index (χ0) is 14.1. The molecule has 0 saturated carbocycles. The molecular formula is C13H25NO3S. The van der Waals surface area contributed by atoms with Gasteiger partial charge in [-0.05, 0) is 31.4 Å². The molecular weight excluding hydrogens is 250 g/mol. The van der Waals surface area contributed by atoms with E-state index in [9.17, 15) is 9.59 Å². The van der Waals surface area contributed by atoms with Gasteiger partial charge in [0.1, 0.15) is 6.04 Å². The molecule has 106 valence electrons. The van der Waals surface area contributed by atoms with E-state index in [4.69, 9.17) is 5.11 Å². The number of carboxylic acids is 1. The third kappa shape index (κ3) is 7.58. The van der Waals surface area contributed by atoms with Gasteiger partial charge >= 0.3 is 5.97 Å². The van der Waals surface area contributed by atoms with Crippen molar-refractivity contribution in [2.75, 3.05) is 5.75 Å². The van der Waals surface area contributed by atoms with Crippen LogP contribution >= 0.6 is 11.8 Å². The Morgan fingerprint density at radius 3 is 2.33 bits per heavy atom. The highest BCUT2D eigenvalue weighted by Gasteiger charge is 2.23. The Hall–Kier alpha value is -0.710. The molecule has 0 fully saturated rings. The van der Waals surface area contributed by atoms with Gasteiger partial charge in [-0.3, -0.25) is 4.79 Å². The third-order valence-corrected chi connectivity index (χ3v) is 3.80. The molecule has 0 bridgehead atoms. The first-order valence-electron chi connectivity index (χ1n) is 6.53. The zero-order valence-electron chi connectivity index (χ0n) is 11.7. The van der Waals surface area contributed by atoms with Crippen LogP contribution in [0.4, 0.5) is 0 Å². The van der Waals surface area contributed by atoms with E-state index in [2.05, 4.69) is 12.2 Å². The molecule has 2 atom stereocenters. The van der Waals surface area contributed by atoms with Crippen molar-refractivity contribution in [3.63, 3.8) is 0 Å². The minimum atomic E-state index is -0.956. The molecule has 0 aromatic rings. The lowest BCUT2D eigenvalue weighted by molar-refractivity contribution is -0.142. The highest BCUT2D eigenvalue weighted by atomic mass is 32.2. The second-order valence-corrected chi connectivity index (χ2v) is 6.34. The number of carbonyl (C=O) groups is 2. The van der Waals surface area contributed by atoms with Gasteiger partial charge in [0.15, 0.2) is 0 Å². The molecule has 0 aromatic heterocycles. The zero-order valence-corrected chi connectivity index (χ0v) is 12.5. The molecule has 0 aliphatic rings. The number of rotatable bonds is 9. The van der Waals surface area contributed by atoms with E-state index in [1.807, 2.05) is 20.8 Å². The molecule has 2 N–H and O–H groups in total. The van der Waals surface area contributed by atoms with Crippen LogP contribution in [0, 0.1) is 5.92 Å². The van der Waals surface area contributed by atoms with Crippen molar-refractivity contribution in [3.05, 3.63) is 0 Å². The summed E-state index contributed by atoms with van der Waals surface area (Å²) in [5.41, 5.74) is 0. The summed E-state index contributed by atoms with van der Waals surface area (Å²) in [6.45, 7) is 7.82. The number of thioether (sulfide) groups is 1. The van der Waals surface area contributed by atoms with E-state index < -0.39 is 12.0 Å². The number of nitrogens with one attached hydrogen (secondary N) is 1. The fourth-order valence-electron chi connectivity index (χ4n) is 1.46. The number of carbonyl (C=O) groups excluding carboxylic acids is 1. The predicted octanol–water partition coefficient (Wildman–Crippen LogP) is 2.52. The highest BCUT2D eigenvalue weighted by molar-refractivity contribution is 8.00. The Morgan fingerprint density at radius 2 is 1.89 bits per heavy atom. The SMILES string of the molecule is CCCCSC(C)C(=O)NC(CC(C)C)C(=O)O. The average Bonchev–Trinajstić information content (AvgIpc) is 2.27. The lowest BCUT2D eigenvalue weighted by atomic mass is 10.0. The Morgan fingerprint density at radius 1 is 1.28 bits per heavy atom. The van der Waals surface area contributed by atoms with E-state index in [1.54, 1.807) is 11.8 Å². The summed E-state index contributed by atoms with van der Waals surface area (Å²) in [6, 6.07) is -0.772. The second kappa shape index (κ2) is 9.25. The fourth-order valence-corrected chi connectivity index (χ4v) is 2.49. The van der Waals surface area contributed by atoms with Gasteiger partial charge in [0.2, 0.25) is 5.91 Å². The first-order chi connectivity index (χ1) is 8.38. The van der Waals surface area contributed by atoms with Gasteiger partial charge in [-0.1, -0.05) is 27.2 Å². The predicted molar refractivity (Wildman–Crippen MR) is 75.8 cm³/mol. The molecule has 2 unspecified atom stereocenters. The summed E-state index contributed by atoms with van der Waals surface area (Å²) in [4.78, 5) is 22.9. The summed E-state index contributed by atoms with van der Waals surface area (Å²) < 4.78 is 0. The maximum atomic E-state index is 11.8. The molecule has 5 heteroatoms. The molecule has 0 saturated heterocycles. The summed E-state index contributed by atoms with van der Waals surface area (Å²) in [6.07, 6.45) is 2.65. The Bertz CT molecular complexity index is 269. The smallest absolute Gasteiger partial charge is 0.326 e. The van der Waals surface area contributed by atoms with Crippen LogP contribution in [0.25, 0.3) is 0 Å². The van der Waals surface area contributed by atoms with Crippen molar-refractivity contribution < 1.29 is 14.7 Å². The number of amides is 1. The maximum Gasteiger partial charge on any atom is 0.326 e. The monoisotopic (exact) mass is 275 g/mol. The lowest BCUT2D eigenvalue weighted by Gasteiger charge is -2.19. The summed E-state index contributed by atoms with van der Waals surface area (Å²) in [5, 5.41) is 11.5. The topological polar surface area (TPSA) is 66.4 Å². The standard InChI is InChI=1S/C13H25NO3S/c1-5-6-7-18-10(4)12(15)14-11(13(16)17)8-9(2)3/h9-11H,5-8H2,1-4H3,(H,14,15)(H,16,17). The molecule has 0 radical (unpaired) electrons.